The first-order valence-electron chi connectivity index (χ1n) is 12.7. The molecule has 0 saturated carbocycles. The van der Waals surface area contributed by atoms with Crippen LogP contribution in [0.25, 0.3) is 11.1 Å². The lowest BCUT2D eigenvalue weighted by Crippen LogP contribution is -2.27. The maximum atomic E-state index is 12.5. The monoisotopic (exact) mass is 523 g/mol. The third-order valence-electron chi connectivity index (χ3n) is 7.25. The predicted molar refractivity (Wildman–Crippen MR) is 152 cm³/mol. The lowest BCUT2D eigenvalue weighted by molar-refractivity contribution is 0.310. The van der Waals surface area contributed by atoms with Gasteiger partial charge in [0.1, 0.15) is 0 Å². The molecule has 1 aliphatic heterocycles. The van der Waals surface area contributed by atoms with Crippen LogP contribution in [0.5, 0.6) is 0 Å². The second kappa shape index (κ2) is 11.2. The van der Waals surface area contributed by atoms with Crippen molar-refractivity contribution in [3.63, 3.8) is 0 Å². The number of benzene rings is 3. The highest BCUT2D eigenvalue weighted by atomic mass is 35.5. The van der Waals surface area contributed by atoms with Gasteiger partial charge in [0, 0.05) is 47.1 Å². The van der Waals surface area contributed by atoms with E-state index in [-0.39, 0.29) is 6.67 Å². The van der Waals surface area contributed by atoms with Gasteiger partial charge in [-0.1, -0.05) is 47.5 Å². The minimum atomic E-state index is -0.245. The summed E-state index contributed by atoms with van der Waals surface area (Å²) in [6.45, 7) is 2.57. The highest BCUT2D eigenvalue weighted by Crippen LogP contribution is 2.42. The molecule has 1 aliphatic carbocycles. The number of hydrogen-bond donors (Lipinski definition) is 2. The summed E-state index contributed by atoms with van der Waals surface area (Å²) in [5.41, 5.74) is 15.2. The molecule has 0 bridgehead atoms. The molecule has 2 aliphatic rings. The Morgan fingerprint density at radius 2 is 1.78 bits per heavy atom. The molecule has 188 valence electrons. The molecule has 3 N–H and O–H groups in total. The first-order chi connectivity index (χ1) is 17.5. The standard InChI is InChI=1S/C30H32Cl2FN3/c31-22-7-11-27(29(32)18-22)28-4-1-3-21-17-23(34)8-12-26(21)30(28)20-5-9-24(10-6-20)35-25-13-16-36(19-25)15-2-14-33/h5-12,17-18,25,35H,1-4,13-16,19,34H2. The highest BCUT2D eigenvalue weighted by Gasteiger charge is 2.23. The van der Waals surface area contributed by atoms with Crippen molar-refractivity contribution in [2.75, 3.05) is 37.4 Å². The molecule has 1 unspecified atom stereocenters. The highest BCUT2D eigenvalue weighted by molar-refractivity contribution is 6.36. The van der Waals surface area contributed by atoms with Gasteiger partial charge in [-0.25, -0.2) is 0 Å². The number of hydrogen-bond acceptors (Lipinski definition) is 3. The van der Waals surface area contributed by atoms with Gasteiger partial charge >= 0.3 is 0 Å². The Bertz CT molecular complexity index is 1260. The molecule has 1 fully saturated rings. The van der Waals surface area contributed by atoms with Gasteiger partial charge in [0.2, 0.25) is 0 Å². The van der Waals surface area contributed by atoms with Crippen molar-refractivity contribution in [1.29, 1.82) is 0 Å². The summed E-state index contributed by atoms with van der Waals surface area (Å²) in [6.07, 6.45) is 4.60. The molecule has 0 amide bonds. The number of halogens is 3. The molecule has 5 rings (SSSR count). The van der Waals surface area contributed by atoms with E-state index in [9.17, 15) is 4.39 Å². The smallest absolute Gasteiger partial charge is 0.0906 e. The Balaban J connectivity index is 1.49. The fourth-order valence-electron chi connectivity index (χ4n) is 5.55. The Labute approximate surface area is 223 Å². The zero-order valence-electron chi connectivity index (χ0n) is 20.4. The SMILES string of the molecule is Nc1ccc2c(c1)CCCC(c1ccc(Cl)cc1Cl)=C2c1ccc(NC2CCN(CCCF)C2)cc1. The van der Waals surface area contributed by atoms with Crippen molar-refractivity contribution in [2.24, 2.45) is 0 Å². The second-order valence-electron chi connectivity index (χ2n) is 9.80. The third-order valence-corrected chi connectivity index (χ3v) is 7.80. The summed E-state index contributed by atoms with van der Waals surface area (Å²) < 4.78 is 12.5. The summed E-state index contributed by atoms with van der Waals surface area (Å²) in [5.74, 6) is 0. The van der Waals surface area contributed by atoms with Gasteiger partial charge in [-0.15, -0.1) is 0 Å². The number of likely N-dealkylation sites (tertiary alicyclic amines) is 1. The van der Waals surface area contributed by atoms with Crippen LogP contribution in [0.4, 0.5) is 15.8 Å². The van der Waals surface area contributed by atoms with Crippen molar-refractivity contribution in [3.8, 4) is 0 Å². The van der Waals surface area contributed by atoms with E-state index in [1.54, 1.807) is 0 Å². The Morgan fingerprint density at radius 1 is 0.972 bits per heavy atom. The molecule has 0 radical (unpaired) electrons. The van der Waals surface area contributed by atoms with Crippen LogP contribution in [-0.4, -0.2) is 37.3 Å². The Kier molecular flexibility index (Phi) is 7.85. The Hall–Kier alpha value is -2.53. The lowest BCUT2D eigenvalue weighted by atomic mass is 9.87. The molecule has 1 heterocycles. The second-order valence-corrected chi connectivity index (χ2v) is 10.6. The number of nitrogens with zero attached hydrogens (tertiary/aromatic N) is 1. The number of alkyl halides is 1. The number of rotatable bonds is 7. The fraction of sp³-hybridized carbons (Fsp3) is 0.333. The van der Waals surface area contributed by atoms with Crippen molar-refractivity contribution in [2.45, 2.75) is 38.1 Å². The van der Waals surface area contributed by atoms with Gasteiger partial charge in [0.25, 0.3) is 0 Å². The van der Waals surface area contributed by atoms with E-state index in [2.05, 4.69) is 46.6 Å². The average molecular weight is 525 g/mol. The first kappa shape index (κ1) is 25.1. The zero-order valence-corrected chi connectivity index (χ0v) is 21.9. The molecule has 6 heteroatoms. The number of anilines is 2. The number of allylic oxidation sites excluding steroid dienone is 1. The number of aryl methyl sites for hydroxylation is 1. The topological polar surface area (TPSA) is 41.3 Å². The summed E-state index contributed by atoms with van der Waals surface area (Å²) in [4.78, 5) is 2.34. The maximum absolute atomic E-state index is 12.5. The van der Waals surface area contributed by atoms with Crippen LogP contribution < -0.4 is 11.1 Å². The van der Waals surface area contributed by atoms with Gasteiger partial charge in [0.05, 0.1) is 6.67 Å². The van der Waals surface area contributed by atoms with Crippen molar-refractivity contribution < 1.29 is 4.39 Å². The molecule has 1 atom stereocenters. The maximum Gasteiger partial charge on any atom is 0.0906 e. The molecule has 0 spiro atoms. The number of nitrogens with two attached hydrogens (primary N) is 1. The van der Waals surface area contributed by atoms with E-state index in [0.29, 0.717) is 22.5 Å². The quantitative estimate of drug-likeness (QED) is 0.311. The van der Waals surface area contributed by atoms with Gasteiger partial charge in [-0.05, 0) is 102 Å². The van der Waals surface area contributed by atoms with Crippen LogP contribution in [0.1, 0.15) is 47.9 Å². The van der Waals surface area contributed by atoms with Crippen LogP contribution in [0, 0.1) is 0 Å². The van der Waals surface area contributed by atoms with Crippen molar-refractivity contribution in [1.82, 2.24) is 4.90 Å². The predicted octanol–water partition coefficient (Wildman–Crippen LogP) is 7.72. The van der Waals surface area contributed by atoms with E-state index < -0.39 is 0 Å². The summed E-state index contributed by atoms with van der Waals surface area (Å²) in [5, 5.41) is 4.98. The summed E-state index contributed by atoms with van der Waals surface area (Å²) >= 11 is 12.9. The van der Waals surface area contributed by atoms with E-state index in [4.69, 9.17) is 28.9 Å². The van der Waals surface area contributed by atoms with Crippen LogP contribution >= 0.6 is 23.2 Å². The largest absolute Gasteiger partial charge is 0.399 e. The van der Waals surface area contributed by atoms with Crippen LogP contribution in [-0.2, 0) is 6.42 Å². The molecule has 1 saturated heterocycles. The van der Waals surface area contributed by atoms with Gasteiger partial charge in [0.15, 0.2) is 0 Å². The van der Waals surface area contributed by atoms with Crippen molar-refractivity contribution in [3.05, 3.63) is 93.0 Å². The van der Waals surface area contributed by atoms with E-state index in [1.807, 2.05) is 24.3 Å². The molecular weight excluding hydrogens is 492 g/mol. The van der Waals surface area contributed by atoms with Gasteiger partial charge < -0.3 is 16.0 Å². The summed E-state index contributed by atoms with van der Waals surface area (Å²) in [7, 11) is 0. The number of nitrogen functional groups attached to an aromatic ring is 1. The molecule has 3 nitrogen and oxygen atoms in total. The average Bonchev–Trinajstić information content (AvgIpc) is 3.22. The minimum absolute atomic E-state index is 0.245. The molecule has 3 aromatic carbocycles. The van der Waals surface area contributed by atoms with Crippen LogP contribution in [0.3, 0.4) is 0 Å². The molecular formula is C30H32Cl2FN3. The first-order valence-corrected chi connectivity index (χ1v) is 13.5. The fourth-order valence-corrected chi connectivity index (χ4v) is 6.07. The normalized spacial score (nSPS) is 18.2. The van der Waals surface area contributed by atoms with Crippen LogP contribution in [0.2, 0.25) is 10.0 Å². The van der Waals surface area contributed by atoms with Gasteiger partial charge in [-0.2, -0.15) is 0 Å². The summed E-state index contributed by atoms with van der Waals surface area (Å²) in [6, 6.07) is 21.1. The zero-order chi connectivity index (χ0) is 25.1. The molecule has 36 heavy (non-hydrogen) atoms. The molecule has 0 aromatic heterocycles. The number of fused-ring (bicyclic) bond motifs is 1. The van der Waals surface area contributed by atoms with Crippen LogP contribution in [0.15, 0.2) is 60.7 Å². The van der Waals surface area contributed by atoms with E-state index >= 15 is 0 Å². The van der Waals surface area contributed by atoms with Crippen molar-refractivity contribution >= 4 is 45.7 Å². The molecule has 3 aromatic rings. The minimum Gasteiger partial charge on any atom is -0.399 e. The Morgan fingerprint density at radius 3 is 2.56 bits per heavy atom. The lowest BCUT2D eigenvalue weighted by Gasteiger charge is -2.19. The van der Waals surface area contributed by atoms with E-state index in [1.165, 1.54) is 22.3 Å². The van der Waals surface area contributed by atoms with Gasteiger partial charge in [-0.3, -0.25) is 4.39 Å². The van der Waals surface area contributed by atoms with E-state index in [0.717, 1.165) is 67.8 Å². The number of nitrogens with one attached hydrogen (secondary N) is 1. The third kappa shape index (κ3) is 5.56.